The van der Waals surface area contributed by atoms with E-state index >= 15 is 0 Å². The van der Waals surface area contributed by atoms with Crippen molar-refractivity contribution in [1.29, 1.82) is 0 Å². The van der Waals surface area contributed by atoms with Crippen LogP contribution in [-0.4, -0.2) is 25.1 Å². The summed E-state index contributed by atoms with van der Waals surface area (Å²) in [4.78, 5) is 2.58. The van der Waals surface area contributed by atoms with Crippen LogP contribution in [0.3, 0.4) is 0 Å². The highest BCUT2D eigenvalue weighted by Gasteiger charge is 2.26. The van der Waals surface area contributed by atoms with E-state index in [9.17, 15) is 0 Å². The summed E-state index contributed by atoms with van der Waals surface area (Å²) in [7, 11) is 1.76. The van der Waals surface area contributed by atoms with E-state index in [-0.39, 0.29) is 0 Å². The van der Waals surface area contributed by atoms with E-state index in [4.69, 9.17) is 4.74 Å². The first-order valence-electron chi connectivity index (χ1n) is 6.23. The lowest BCUT2D eigenvalue weighted by molar-refractivity contribution is 0.252. The van der Waals surface area contributed by atoms with Crippen molar-refractivity contribution in [2.24, 2.45) is 0 Å². The molecule has 1 aromatic carbocycles. The number of hydrogen-bond acceptors (Lipinski definition) is 2. The van der Waals surface area contributed by atoms with Crippen molar-refractivity contribution in [3.63, 3.8) is 0 Å². The molecule has 88 valence electrons. The number of rotatable bonds is 4. The van der Waals surface area contributed by atoms with Gasteiger partial charge in [-0.15, -0.1) is 0 Å². The van der Waals surface area contributed by atoms with E-state index in [0.717, 1.165) is 5.75 Å². The summed E-state index contributed by atoms with van der Waals surface area (Å²) in [5.74, 6) is 1.04. The van der Waals surface area contributed by atoms with Gasteiger partial charge in [0.25, 0.3) is 0 Å². The molecule has 0 radical (unpaired) electrons. The molecule has 2 heteroatoms. The van der Waals surface area contributed by atoms with Crippen LogP contribution in [0.2, 0.25) is 0 Å². The molecular formula is C14H21NO. The van der Waals surface area contributed by atoms with Crippen molar-refractivity contribution in [2.45, 2.75) is 32.2 Å². The molecule has 0 aliphatic carbocycles. The van der Waals surface area contributed by atoms with E-state index in [1.807, 2.05) is 6.07 Å². The highest BCUT2D eigenvalue weighted by atomic mass is 16.5. The van der Waals surface area contributed by atoms with E-state index < -0.39 is 0 Å². The molecule has 1 aliphatic heterocycles. The summed E-state index contributed by atoms with van der Waals surface area (Å²) in [6.07, 6.45) is 3.80. The van der Waals surface area contributed by atoms with Crippen LogP contribution in [0, 0.1) is 0 Å². The highest BCUT2D eigenvalue weighted by molar-refractivity contribution is 5.36. The number of methoxy groups -OCH3 is 1. The molecule has 0 saturated carbocycles. The van der Waals surface area contributed by atoms with Gasteiger partial charge in [0, 0.05) is 11.6 Å². The van der Waals surface area contributed by atoms with Crippen LogP contribution in [0.25, 0.3) is 0 Å². The van der Waals surface area contributed by atoms with Gasteiger partial charge in [-0.05, 0) is 38.4 Å². The van der Waals surface area contributed by atoms with Crippen molar-refractivity contribution in [3.05, 3.63) is 29.8 Å². The Balaban J connectivity index is 2.21. The molecule has 0 bridgehead atoms. The maximum absolute atomic E-state index is 5.46. The highest BCUT2D eigenvalue weighted by Crippen LogP contribution is 2.36. The first-order chi connectivity index (χ1) is 7.86. The number of benzene rings is 1. The zero-order chi connectivity index (χ0) is 11.4. The van der Waals surface area contributed by atoms with Gasteiger partial charge in [0.1, 0.15) is 5.75 Å². The van der Waals surface area contributed by atoms with Crippen LogP contribution in [-0.2, 0) is 0 Å². The molecular weight excluding hydrogens is 198 g/mol. The van der Waals surface area contributed by atoms with Gasteiger partial charge in [-0.2, -0.15) is 0 Å². The van der Waals surface area contributed by atoms with Gasteiger partial charge < -0.3 is 4.74 Å². The van der Waals surface area contributed by atoms with Crippen molar-refractivity contribution in [2.75, 3.05) is 20.2 Å². The third kappa shape index (κ3) is 2.22. The Kier molecular flexibility index (Phi) is 3.83. The molecule has 1 fully saturated rings. The number of hydrogen-bond donors (Lipinski definition) is 0. The van der Waals surface area contributed by atoms with Crippen LogP contribution in [0.4, 0.5) is 0 Å². The van der Waals surface area contributed by atoms with Crippen molar-refractivity contribution in [3.8, 4) is 5.75 Å². The Labute approximate surface area is 98.2 Å². The van der Waals surface area contributed by atoms with E-state index in [0.29, 0.717) is 6.04 Å². The molecule has 1 aromatic rings. The topological polar surface area (TPSA) is 12.5 Å². The summed E-state index contributed by atoms with van der Waals surface area (Å²) >= 11 is 0. The van der Waals surface area contributed by atoms with E-state index in [1.165, 1.54) is 37.9 Å². The predicted molar refractivity (Wildman–Crippen MR) is 66.8 cm³/mol. The van der Waals surface area contributed by atoms with Gasteiger partial charge in [-0.3, -0.25) is 4.90 Å². The fourth-order valence-electron chi connectivity index (χ4n) is 2.67. The summed E-state index contributed by atoms with van der Waals surface area (Å²) < 4.78 is 5.46. The van der Waals surface area contributed by atoms with E-state index in [2.05, 4.69) is 30.0 Å². The van der Waals surface area contributed by atoms with Crippen molar-refractivity contribution >= 4 is 0 Å². The van der Waals surface area contributed by atoms with Crippen LogP contribution in [0.1, 0.15) is 37.8 Å². The third-order valence-electron chi connectivity index (χ3n) is 3.37. The Morgan fingerprint density at radius 1 is 1.38 bits per heavy atom. The van der Waals surface area contributed by atoms with Crippen LogP contribution in [0.5, 0.6) is 5.75 Å². The molecule has 0 spiro atoms. The number of ether oxygens (including phenoxy) is 1. The number of nitrogens with zero attached hydrogens (tertiary/aromatic N) is 1. The Hall–Kier alpha value is -1.02. The second-order valence-corrected chi connectivity index (χ2v) is 4.44. The lowest BCUT2D eigenvalue weighted by Crippen LogP contribution is -2.24. The van der Waals surface area contributed by atoms with Gasteiger partial charge in [0.15, 0.2) is 0 Å². The van der Waals surface area contributed by atoms with Gasteiger partial charge in [-0.1, -0.05) is 25.1 Å². The Bertz CT molecular complexity index is 337. The molecule has 0 unspecified atom stereocenters. The minimum absolute atomic E-state index is 0.566. The zero-order valence-corrected chi connectivity index (χ0v) is 10.3. The van der Waals surface area contributed by atoms with E-state index in [1.54, 1.807) is 7.11 Å². The minimum atomic E-state index is 0.566. The molecule has 1 aliphatic rings. The smallest absolute Gasteiger partial charge is 0.123 e. The van der Waals surface area contributed by atoms with Gasteiger partial charge in [-0.25, -0.2) is 0 Å². The van der Waals surface area contributed by atoms with Crippen molar-refractivity contribution in [1.82, 2.24) is 4.90 Å². The summed E-state index contributed by atoms with van der Waals surface area (Å²) in [5, 5.41) is 0. The SMILES string of the molecule is CCCN1CCC[C@H]1c1ccccc1OC. The van der Waals surface area contributed by atoms with Crippen LogP contribution >= 0.6 is 0 Å². The second kappa shape index (κ2) is 5.35. The third-order valence-corrected chi connectivity index (χ3v) is 3.37. The normalized spacial score (nSPS) is 21.2. The Morgan fingerprint density at radius 2 is 2.19 bits per heavy atom. The second-order valence-electron chi connectivity index (χ2n) is 4.44. The van der Waals surface area contributed by atoms with Crippen LogP contribution < -0.4 is 4.74 Å². The largest absolute Gasteiger partial charge is 0.496 e. The van der Waals surface area contributed by atoms with Gasteiger partial charge in [0.05, 0.1) is 7.11 Å². The maximum Gasteiger partial charge on any atom is 0.123 e. The molecule has 1 atom stereocenters. The molecule has 1 saturated heterocycles. The monoisotopic (exact) mass is 219 g/mol. The first kappa shape index (κ1) is 11.5. The lowest BCUT2D eigenvalue weighted by Gasteiger charge is -2.25. The molecule has 0 amide bonds. The Morgan fingerprint density at radius 3 is 2.94 bits per heavy atom. The first-order valence-corrected chi connectivity index (χ1v) is 6.23. The summed E-state index contributed by atoms with van der Waals surface area (Å²) in [5.41, 5.74) is 1.36. The zero-order valence-electron chi connectivity index (χ0n) is 10.3. The van der Waals surface area contributed by atoms with Gasteiger partial charge in [0.2, 0.25) is 0 Å². The average Bonchev–Trinajstić information content (AvgIpc) is 2.77. The number of para-hydroxylation sites is 1. The summed E-state index contributed by atoms with van der Waals surface area (Å²) in [6, 6.07) is 8.99. The summed E-state index contributed by atoms with van der Waals surface area (Å²) in [6.45, 7) is 4.68. The van der Waals surface area contributed by atoms with Crippen molar-refractivity contribution < 1.29 is 4.74 Å². The molecule has 1 heterocycles. The predicted octanol–water partition coefficient (Wildman–Crippen LogP) is 3.24. The molecule has 16 heavy (non-hydrogen) atoms. The lowest BCUT2D eigenvalue weighted by atomic mass is 10.0. The molecule has 2 nitrogen and oxygen atoms in total. The fourth-order valence-corrected chi connectivity index (χ4v) is 2.67. The quantitative estimate of drug-likeness (QED) is 0.770. The van der Waals surface area contributed by atoms with Gasteiger partial charge >= 0.3 is 0 Å². The minimum Gasteiger partial charge on any atom is -0.496 e. The fraction of sp³-hybridized carbons (Fsp3) is 0.571. The molecule has 0 N–H and O–H groups in total. The average molecular weight is 219 g/mol. The maximum atomic E-state index is 5.46. The molecule has 0 aromatic heterocycles. The van der Waals surface area contributed by atoms with Crippen LogP contribution in [0.15, 0.2) is 24.3 Å². The standard InChI is InChI=1S/C14H21NO/c1-3-10-15-11-6-8-13(15)12-7-4-5-9-14(12)16-2/h4-5,7,9,13H,3,6,8,10-11H2,1-2H3/t13-/m0/s1. The number of likely N-dealkylation sites (tertiary alicyclic amines) is 1. The molecule has 2 rings (SSSR count).